The Kier molecular flexibility index (Phi) is 7.30. The van der Waals surface area contributed by atoms with Crippen LogP contribution in [0.15, 0.2) is 53.4 Å². The van der Waals surface area contributed by atoms with E-state index in [0.29, 0.717) is 5.02 Å². The minimum atomic E-state index is -0.168. The van der Waals surface area contributed by atoms with Gasteiger partial charge in [0, 0.05) is 28.7 Å². The molecule has 150 valence electrons. The number of carbonyl (C=O) groups excluding carboxylic acids is 1. The third-order valence-corrected chi connectivity index (χ3v) is 6.76. The number of hydrogen-bond acceptors (Lipinski definition) is 3. The van der Waals surface area contributed by atoms with E-state index < -0.39 is 0 Å². The first kappa shape index (κ1) is 21.1. The van der Waals surface area contributed by atoms with Gasteiger partial charge in [-0.25, -0.2) is 0 Å². The second kappa shape index (κ2) is 9.71. The van der Waals surface area contributed by atoms with Crippen molar-refractivity contribution in [2.75, 3.05) is 18.0 Å². The SMILES string of the molecule is CC1CCN(c2ccc(C(C)NC(=O)C(C)Sc3ccc(Cl)cc3)cc2)CC1. The molecule has 0 radical (unpaired) electrons. The molecule has 3 rings (SSSR count). The second-order valence-corrected chi connectivity index (χ2v) is 9.56. The zero-order valence-corrected chi connectivity index (χ0v) is 18.4. The Bertz CT molecular complexity index is 770. The molecule has 2 aromatic carbocycles. The molecule has 5 heteroatoms. The minimum absolute atomic E-state index is 0.0174. The Morgan fingerprint density at radius 1 is 1.07 bits per heavy atom. The molecule has 1 aliphatic heterocycles. The first-order valence-corrected chi connectivity index (χ1v) is 11.3. The summed E-state index contributed by atoms with van der Waals surface area (Å²) >= 11 is 7.46. The van der Waals surface area contributed by atoms with Crippen molar-refractivity contribution in [3.63, 3.8) is 0 Å². The first-order chi connectivity index (χ1) is 13.4. The smallest absolute Gasteiger partial charge is 0.233 e. The van der Waals surface area contributed by atoms with Crippen LogP contribution >= 0.6 is 23.4 Å². The molecule has 1 heterocycles. The lowest BCUT2D eigenvalue weighted by Gasteiger charge is -2.32. The molecule has 0 aromatic heterocycles. The van der Waals surface area contributed by atoms with Crippen molar-refractivity contribution in [2.45, 2.75) is 49.8 Å². The van der Waals surface area contributed by atoms with Crippen LogP contribution < -0.4 is 10.2 Å². The van der Waals surface area contributed by atoms with Crippen LogP contribution in [0.4, 0.5) is 5.69 Å². The summed E-state index contributed by atoms with van der Waals surface area (Å²) in [5.41, 5.74) is 2.41. The molecule has 28 heavy (non-hydrogen) atoms. The van der Waals surface area contributed by atoms with Gasteiger partial charge in [0.25, 0.3) is 0 Å². The summed E-state index contributed by atoms with van der Waals surface area (Å²) in [6.07, 6.45) is 2.52. The zero-order chi connectivity index (χ0) is 20.1. The van der Waals surface area contributed by atoms with Crippen LogP contribution in [0.5, 0.6) is 0 Å². The van der Waals surface area contributed by atoms with Crippen LogP contribution in [0.2, 0.25) is 5.02 Å². The number of nitrogens with one attached hydrogen (secondary N) is 1. The maximum absolute atomic E-state index is 12.6. The number of nitrogens with zero attached hydrogens (tertiary/aromatic N) is 1. The number of benzene rings is 2. The Labute approximate surface area is 177 Å². The average Bonchev–Trinajstić information content (AvgIpc) is 2.70. The predicted octanol–water partition coefficient (Wildman–Crippen LogP) is 5.93. The molecule has 0 aliphatic carbocycles. The normalized spacial score (nSPS) is 17.2. The summed E-state index contributed by atoms with van der Waals surface area (Å²) in [4.78, 5) is 16.1. The molecule has 0 bridgehead atoms. The molecular weight excluding hydrogens is 388 g/mol. The van der Waals surface area contributed by atoms with Crippen molar-refractivity contribution in [2.24, 2.45) is 5.92 Å². The highest BCUT2D eigenvalue weighted by Crippen LogP contribution is 2.27. The quantitative estimate of drug-likeness (QED) is 0.592. The second-order valence-electron chi connectivity index (χ2n) is 7.71. The van der Waals surface area contributed by atoms with Crippen molar-refractivity contribution in [1.29, 1.82) is 0 Å². The molecule has 1 saturated heterocycles. The van der Waals surface area contributed by atoms with E-state index in [2.05, 4.69) is 41.4 Å². The van der Waals surface area contributed by atoms with Gasteiger partial charge in [-0.05, 0) is 74.6 Å². The van der Waals surface area contributed by atoms with Crippen LogP contribution in [0.1, 0.15) is 45.2 Å². The van der Waals surface area contributed by atoms with Gasteiger partial charge in [-0.2, -0.15) is 0 Å². The van der Waals surface area contributed by atoms with Crippen molar-refractivity contribution in [3.8, 4) is 0 Å². The monoisotopic (exact) mass is 416 g/mol. The zero-order valence-electron chi connectivity index (χ0n) is 16.8. The molecule has 3 nitrogen and oxygen atoms in total. The van der Waals surface area contributed by atoms with Gasteiger partial charge in [-0.1, -0.05) is 30.7 Å². The highest BCUT2D eigenvalue weighted by Gasteiger charge is 2.19. The fourth-order valence-corrected chi connectivity index (χ4v) is 4.43. The fourth-order valence-electron chi connectivity index (χ4n) is 3.43. The first-order valence-electron chi connectivity index (χ1n) is 10.00. The van der Waals surface area contributed by atoms with Gasteiger partial charge in [-0.3, -0.25) is 4.79 Å². The molecule has 0 spiro atoms. The van der Waals surface area contributed by atoms with Crippen molar-refractivity contribution >= 4 is 35.0 Å². The van der Waals surface area contributed by atoms with Gasteiger partial charge in [0.05, 0.1) is 11.3 Å². The maximum atomic E-state index is 12.6. The number of amides is 1. The van der Waals surface area contributed by atoms with Crippen molar-refractivity contribution in [3.05, 3.63) is 59.1 Å². The molecule has 1 fully saturated rings. The topological polar surface area (TPSA) is 32.3 Å². The summed E-state index contributed by atoms with van der Waals surface area (Å²) in [5.74, 6) is 0.875. The Balaban J connectivity index is 1.53. The molecule has 0 saturated carbocycles. The Hall–Kier alpha value is -1.65. The number of halogens is 1. The van der Waals surface area contributed by atoms with Crippen LogP contribution in [-0.2, 0) is 4.79 Å². The average molecular weight is 417 g/mol. The van der Waals surface area contributed by atoms with Gasteiger partial charge < -0.3 is 10.2 Å². The number of piperidine rings is 1. The maximum Gasteiger partial charge on any atom is 0.233 e. The largest absolute Gasteiger partial charge is 0.372 e. The van der Waals surface area contributed by atoms with Crippen LogP contribution in [0.25, 0.3) is 0 Å². The number of thioether (sulfide) groups is 1. The fraction of sp³-hybridized carbons (Fsp3) is 0.435. The highest BCUT2D eigenvalue weighted by atomic mass is 35.5. The Morgan fingerprint density at radius 2 is 1.68 bits per heavy atom. The minimum Gasteiger partial charge on any atom is -0.372 e. The van der Waals surface area contributed by atoms with Gasteiger partial charge in [-0.15, -0.1) is 11.8 Å². The van der Waals surface area contributed by atoms with Gasteiger partial charge in [0.1, 0.15) is 0 Å². The van der Waals surface area contributed by atoms with Crippen molar-refractivity contribution < 1.29 is 4.79 Å². The lowest BCUT2D eigenvalue weighted by Crippen LogP contribution is -2.33. The van der Waals surface area contributed by atoms with Gasteiger partial charge in [0.15, 0.2) is 0 Å². The van der Waals surface area contributed by atoms with E-state index in [9.17, 15) is 4.79 Å². The summed E-state index contributed by atoms with van der Waals surface area (Å²) in [6.45, 7) is 8.56. The van der Waals surface area contributed by atoms with E-state index in [4.69, 9.17) is 11.6 Å². The number of carbonyl (C=O) groups is 1. The van der Waals surface area contributed by atoms with Crippen molar-refractivity contribution in [1.82, 2.24) is 5.32 Å². The van der Waals surface area contributed by atoms with E-state index in [0.717, 1.165) is 29.5 Å². The number of hydrogen-bond donors (Lipinski definition) is 1. The molecular formula is C23H29ClN2OS. The number of rotatable bonds is 6. The summed E-state index contributed by atoms with van der Waals surface area (Å²) in [6, 6.07) is 16.2. The third kappa shape index (κ3) is 5.68. The van der Waals surface area contributed by atoms with Crippen LogP contribution in [0, 0.1) is 5.92 Å². The molecule has 2 atom stereocenters. The van der Waals surface area contributed by atoms with Crippen LogP contribution in [-0.4, -0.2) is 24.2 Å². The standard InChI is InChI=1S/C23H29ClN2OS/c1-16-12-14-26(15-13-16)21-8-4-19(5-9-21)17(2)25-23(27)18(3)28-22-10-6-20(24)7-11-22/h4-11,16-18H,12-15H2,1-3H3,(H,25,27). The summed E-state index contributed by atoms with van der Waals surface area (Å²) < 4.78 is 0. The molecule has 2 aromatic rings. The van der Waals surface area contributed by atoms with E-state index >= 15 is 0 Å². The van der Waals surface area contributed by atoms with E-state index in [1.807, 2.05) is 38.1 Å². The Morgan fingerprint density at radius 3 is 2.29 bits per heavy atom. The van der Waals surface area contributed by atoms with E-state index in [1.54, 1.807) is 11.8 Å². The summed E-state index contributed by atoms with van der Waals surface area (Å²) in [7, 11) is 0. The van der Waals surface area contributed by atoms with E-state index in [-0.39, 0.29) is 17.2 Å². The molecule has 2 unspecified atom stereocenters. The molecule has 1 amide bonds. The van der Waals surface area contributed by atoms with Crippen LogP contribution in [0.3, 0.4) is 0 Å². The lowest BCUT2D eigenvalue weighted by atomic mass is 9.98. The predicted molar refractivity (Wildman–Crippen MR) is 120 cm³/mol. The van der Waals surface area contributed by atoms with Gasteiger partial charge in [0.2, 0.25) is 5.91 Å². The van der Waals surface area contributed by atoms with Gasteiger partial charge >= 0.3 is 0 Å². The lowest BCUT2D eigenvalue weighted by molar-refractivity contribution is -0.120. The van der Waals surface area contributed by atoms with E-state index in [1.165, 1.54) is 18.5 Å². The molecule has 1 N–H and O–H groups in total. The third-order valence-electron chi connectivity index (χ3n) is 5.40. The number of anilines is 1. The highest BCUT2D eigenvalue weighted by molar-refractivity contribution is 8.00. The molecule has 1 aliphatic rings. The summed E-state index contributed by atoms with van der Waals surface area (Å²) in [5, 5.41) is 3.67.